The van der Waals surface area contributed by atoms with E-state index in [1.54, 1.807) is 0 Å². The van der Waals surface area contributed by atoms with Gasteiger partial charge in [-0.3, -0.25) is 14.3 Å². The number of aromatic nitrogens is 4. The first-order valence-corrected chi connectivity index (χ1v) is 8.89. The summed E-state index contributed by atoms with van der Waals surface area (Å²) in [5.41, 5.74) is 2.76. The maximum absolute atomic E-state index is 12.7. The summed E-state index contributed by atoms with van der Waals surface area (Å²) in [5, 5.41) is 4.22. The van der Waals surface area contributed by atoms with Gasteiger partial charge in [0.1, 0.15) is 0 Å². The van der Waals surface area contributed by atoms with Crippen LogP contribution in [0.3, 0.4) is 0 Å². The van der Waals surface area contributed by atoms with E-state index in [0.717, 1.165) is 17.0 Å². The van der Waals surface area contributed by atoms with Crippen molar-refractivity contribution in [1.29, 1.82) is 0 Å². The molecule has 0 saturated carbocycles. The number of hydrogen-bond donors (Lipinski definition) is 1. The molecular formula is C18H25N5O3. The van der Waals surface area contributed by atoms with Gasteiger partial charge in [0.2, 0.25) is 5.91 Å². The molecule has 1 aliphatic heterocycles. The van der Waals surface area contributed by atoms with Crippen molar-refractivity contribution in [3.8, 4) is 0 Å². The van der Waals surface area contributed by atoms with Gasteiger partial charge in [-0.05, 0) is 25.3 Å². The van der Waals surface area contributed by atoms with Crippen LogP contribution in [-0.4, -0.2) is 56.9 Å². The van der Waals surface area contributed by atoms with Gasteiger partial charge in [0.25, 0.3) is 5.56 Å². The van der Waals surface area contributed by atoms with E-state index in [1.807, 2.05) is 29.7 Å². The number of carbonyl (C=O) groups is 1. The van der Waals surface area contributed by atoms with E-state index in [4.69, 9.17) is 4.74 Å². The van der Waals surface area contributed by atoms with Crippen molar-refractivity contribution in [2.45, 2.75) is 26.2 Å². The van der Waals surface area contributed by atoms with Gasteiger partial charge < -0.3 is 14.6 Å². The van der Waals surface area contributed by atoms with Crippen molar-refractivity contribution < 1.29 is 9.53 Å². The lowest BCUT2D eigenvalue weighted by Crippen LogP contribution is -2.36. The molecule has 3 heterocycles. The minimum absolute atomic E-state index is 0.127. The van der Waals surface area contributed by atoms with Crippen molar-refractivity contribution in [1.82, 2.24) is 24.6 Å². The maximum atomic E-state index is 12.7. The number of nitrogens with one attached hydrogen (secondary N) is 1. The van der Waals surface area contributed by atoms with Gasteiger partial charge in [0.05, 0.1) is 25.7 Å². The Labute approximate surface area is 152 Å². The van der Waals surface area contributed by atoms with Crippen LogP contribution in [0.15, 0.2) is 23.4 Å². The second-order valence-corrected chi connectivity index (χ2v) is 6.77. The largest absolute Gasteiger partial charge is 0.379 e. The molecule has 0 spiro atoms. The van der Waals surface area contributed by atoms with Crippen LogP contribution in [-0.2, 0) is 29.4 Å². The predicted molar refractivity (Wildman–Crippen MR) is 95.7 cm³/mol. The average Bonchev–Trinajstić information content (AvgIpc) is 2.81. The van der Waals surface area contributed by atoms with Gasteiger partial charge in [-0.1, -0.05) is 0 Å². The summed E-state index contributed by atoms with van der Waals surface area (Å²) >= 11 is 0. The second kappa shape index (κ2) is 8.27. The van der Waals surface area contributed by atoms with E-state index in [1.165, 1.54) is 12.4 Å². The molecule has 1 unspecified atom stereocenters. The molecule has 0 bridgehead atoms. The van der Waals surface area contributed by atoms with E-state index >= 15 is 0 Å². The molecule has 1 aliphatic rings. The maximum Gasteiger partial charge on any atom is 0.250 e. The van der Waals surface area contributed by atoms with Crippen LogP contribution in [0.4, 0.5) is 0 Å². The molecule has 1 amide bonds. The van der Waals surface area contributed by atoms with Crippen LogP contribution in [0.1, 0.15) is 23.4 Å². The molecule has 1 N–H and O–H groups in total. The van der Waals surface area contributed by atoms with Gasteiger partial charge in [0, 0.05) is 49.9 Å². The minimum Gasteiger partial charge on any atom is -0.379 e. The first-order valence-electron chi connectivity index (χ1n) is 8.89. The second-order valence-electron chi connectivity index (χ2n) is 6.77. The quantitative estimate of drug-likeness (QED) is 0.837. The van der Waals surface area contributed by atoms with E-state index in [0.29, 0.717) is 45.6 Å². The van der Waals surface area contributed by atoms with Crippen LogP contribution in [0, 0.1) is 12.8 Å². The number of H-pyrrole nitrogens is 1. The van der Waals surface area contributed by atoms with Crippen LogP contribution >= 0.6 is 0 Å². The Hall–Kier alpha value is -2.48. The fourth-order valence-corrected chi connectivity index (χ4v) is 3.24. The highest BCUT2D eigenvalue weighted by Gasteiger charge is 2.23. The average molecular weight is 359 g/mol. The van der Waals surface area contributed by atoms with Gasteiger partial charge in [-0.25, -0.2) is 4.98 Å². The molecule has 1 saturated heterocycles. The molecule has 0 radical (unpaired) electrons. The zero-order chi connectivity index (χ0) is 18.5. The third-order valence-electron chi connectivity index (χ3n) is 4.87. The highest BCUT2D eigenvalue weighted by atomic mass is 16.5. The van der Waals surface area contributed by atoms with Crippen molar-refractivity contribution in [2.24, 2.45) is 13.0 Å². The molecule has 2 aromatic rings. The molecule has 1 atom stereocenters. The first kappa shape index (κ1) is 18.3. The Balaban J connectivity index is 1.58. The summed E-state index contributed by atoms with van der Waals surface area (Å²) in [7, 11) is 1.90. The van der Waals surface area contributed by atoms with Gasteiger partial charge in [0.15, 0.2) is 0 Å². The predicted octanol–water partition coefficient (Wildman–Crippen LogP) is 0.462. The first-order chi connectivity index (χ1) is 12.5. The molecule has 26 heavy (non-hydrogen) atoms. The molecule has 2 aromatic heterocycles. The molecule has 0 aromatic carbocycles. The zero-order valence-electron chi connectivity index (χ0n) is 15.3. The van der Waals surface area contributed by atoms with Crippen LogP contribution in [0.5, 0.6) is 0 Å². The highest BCUT2D eigenvalue weighted by Crippen LogP contribution is 2.15. The van der Waals surface area contributed by atoms with E-state index in [2.05, 4.69) is 15.1 Å². The lowest BCUT2D eigenvalue weighted by atomic mass is 10.0. The summed E-state index contributed by atoms with van der Waals surface area (Å²) in [6.07, 6.45) is 5.01. The smallest absolute Gasteiger partial charge is 0.250 e. The molecular weight excluding hydrogens is 334 g/mol. The third-order valence-corrected chi connectivity index (χ3v) is 4.87. The van der Waals surface area contributed by atoms with E-state index < -0.39 is 0 Å². The Kier molecular flexibility index (Phi) is 5.82. The van der Waals surface area contributed by atoms with Crippen LogP contribution < -0.4 is 5.56 Å². The number of hydrogen-bond acceptors (Lipinski definition) is 5. The van der Waals surface area contributed by atoms with Gasteiger partial charge in [-0.2, -0.15) is 5.10 Å². The summed E-state index contributed by atoms with van der Waals surface area (Å²) < 4.78 is 7.48. The molecule has 8 heteroatoms. The van der Waals surface area contributed by atoms with Crippen molar-refractivity contribution in [2.75, 3.05) is 26.3 Å². The van der Waals surface area contributed by atoms with Gasteiger partial charge in [-0.15, -0.1) is 0 Å². The zero-order valence-corrected chi connectivity index (χ0v) is 15.3. The lowest BCUT2D eigenvalue weighted by Gasteiger charge is -2.23. The van der Waals surface area contributed by atoms with Crippen LogP contribution in [0.25, 0.3) is 0 Å². The van der Waals surface area contributed by atoms with Gasteiger partial charge >= 0.3 is 0 Å². The topological polar surface area (TPSA) is 93.1 Å². The van der Waals surface area contributed by atoms with Crippen molar-refractivity contribution in [3.05, 3.63) is 45.9 Å². The number of aromatic amines is 1. The Bertz CT molecular complexity index is 813. The number of nitrogens with zero attached hydrogens (tertiary/aromatic N) is 4. The number of carbonyl (C=O) groups excluding carboxylic acids is 1. The minimum atomic E-state index is -0.163. The molecule has 3 rings (SSSR count). The molecule has 140 valence electrons. The number of aryl methyl sites for hydroxylation is 2. The van der Waals surface area contributed by atoms with Crippen LogP contribution in [0.2, 0.25) is 0 Å². The SMILES string of the molecule is Cc1c(CCC(=O)N2CCOCC(Cc3cc(=O)[nH]cn3)C2)cnn1C. The summed E-state index contributed by atoms with van der Waals surface area (Å²) in [6.45, 7) is 4.34. The standard InChI is InChI=1S/C18H25N5O3/c1-13-15(9-21-22(13)2)3-4-18(25)23-5-6-26-11-14(10-23)7-16-8-17(24)20-12-19-16/h8-9,12,14H,3-7,10-11H2,1-2H3,(H,19,20,24). The normalized spacial score (nSPS) is 17.9. The fraction of sp³-hybridized carbons (Fsp3) is 0.556. The number of rotatable bonds is 5. The Morgan fingerprint density at radius 1 is 1.46 bits per heavy atom. The monoisotopic (exact) mass is 359 g/mol. The lowest BCUT2D eigenvalue weighted by molar-refractivity contribution is -0.131. The van der Waals surface area contributed by atoms with Crippen molar-refractivity contribution in [3.63, 3.8) is 0 Å². The van der Waals surface area contributed by atoms with E-state index in [9.17, 15) is 9.59 Å². The fourth-order valence-electron chi connectivity index (χ4n) is 3.24. The van der Waals surface area contributed by atoms with Crippen molar-refractivity contribution >= 4 is 5.91 Å². The summed E-state index contributed by atoms with van der Waals surface area (Å²) in [4.78, 5) is 32.7. The Morgan fingerprint density at radius 3 is 3.04 bits per heavy atom. The molecule has 0 aliphatic carbocycles. The summed E-state index contributed by atoms with van der Waals surface area (Å²) in [6, 6.07) is 1.50. The third kappa shape index (κ3) is 4.57. The highest BCUT2D eigenvalue weighted by molar-refractivity contribution is 5.76. The molecule has 1 fully saturated rings. The summed E-state index contributed by atoms with van der Waals surface area (Å²) in [5.74, 6) is 0.262. The Morgan fingerprint density at radius 2 is 2.31 bits per heavy atom. The van der Waals surface area contributed by atoms with E-state index in [-0.39, 0.29) is 17.4 Å². The number of ether oxygens (including phenoxy) is 1. The molecule has 8 nitrogen and oxygen atoms in total. The number of amides is 1.